The number of carbonyl (C=O) groups is 3. The van der Waals surface area contributed by atoms with Crippen LogP contribution in [0.2, 0.25) is 0 Å². The summed E-state index contributed by atoms with van der Waals surface area (Å²) >= 11 is 0. The summed E-state index contributed by atoms with van der Waals surface area (Å²) in [6, 6.07) is 27.6. The van der Waals surface area contributed by atoms with E-state index in [0.717, 1.165) is 33.4 Å². The van der Waals surface area contributed by atoms with E-state index in [2.05, 4.69) is 16.0 Å². The third-order valence-corrected chi connectivity index (χ3v) is 7.49. The van der Waals surface area contributed by atoms with Crippen LogP contribution in [0.5, 0.6) is 0 Å². The van der Waals surface area contributed by atoms with Crippen molar-refractivity contribution in [3.8, 4) is 0 Å². The monoisotopic (exact) mass is 561 g/mol. The van der Waals surface area contributed by atoms with Gasteiger partial charge >= 0.3 is 0 Å². The van der Waals surface area contributed by atoms with Crippen LogP contribution in [0.15, 0.2) is 91.0 Å². The Bertz CT molecular complexity index is 1360. The third-order valence-electron chi connectivity index (χ3n) is 7.49. The van der Waals surface area contributed by atoms with Crippen LogP contribution < -0.4 is 16.0 Å². The van der Waals surface area contributed by atoms with E-state index in [-0.39, 0.29) is 52.5 Å². The van der Waals surface area contributed by atoms with Gasteiger partial charge in [-0.15, -0.1) is 0 Å². The molecule has 4 aromatic carbocycles. The Morgan fingerprint density at radius 1 is 0.429 bits per heavy atom. The average Bonchev–Trinajstić information content (AvgIpc) is 2.97. The van der Waals surface area contributed by atoms with E-state index >= 15 is 0 Å². The topological polar surface area (TPSA) is 87.3 Å². The number of hydrogen-bond acceptors (Lipinski definition) is 3. The first-order valence-electron chi connectivity index (χ1n) is 14.3. The first-order valence-corrected chi connectivity index (χ1v) is 14.3. The van der Waals surface area contributed by atoms with Gasteiger partial charge in [0, 0.05) is 16.7 Å². The number of amides is 3. The first kappa shape index (κ1) is 30.3. The van der Waals surface area contributed by atoms with Crippen LogP contribution in [-0.4, -0.2) is 17.7 Å². The molecule has 3 amide bonds. The summed E-state index contributed by atoms with van der Waals surface area (Å²) in [6.07, 6.45) is 0. The van der Waals surface area contributed by atoms with Gasteiger partial charge in [-0.1, -0.05) is 89.5 Å². The summed E-state index contributed by atoms with van der Waals surface area (Å²) in [5.74, 6) is -1.11. The fraction of sp³-hybridized carbons (Fsp3) is 0.250. The van der Waals surface area contributed by atoms with Gasteiger partial charge in [-0.2, -0.15) is 0 Å². The molecule has 6 heteroatoms. The van der Waals surface area contributed by atoms with Crippen LogP contribution in [0.4, 0.5) is 0 Å². The molecule has 0 fully saturated rings. The molecule has 0 aliphatic carbocycles. The summed E-state index contributed by atoms with van der Waals surface area (Å²) in [6.45, 7) is 11.7. The fourth-order valence-electron chi connectivity index (χ4n) is 4.68. The highest BCUT2D eigenvalue weighted by atomic mass is 16.2. The molecule has 4 aromatic rings. The zero-order valence-corrected chi connectivity index (χ0v) is 25.1. The molecular formula is C36H39N3O3. The molecule has 0 spiro atoms. The minimum absolute atomic E-state index is 0.234. The smallest absolute Gasteiger partial charge is 0.251 e. The van der Waals surface area contributed by atoms with Crippen molar-refractivity contribution in [3.63, 3.8) is 0 Å². The SMILES string of the molecule is Cc1ccc([C@H](C)NC(=O)c2cc(C(=O)N[C@@H](C)c3ccc(C)cc3)cc(C(=O)N[C@@H](C)c3ccc(C)cc3)c2)cc1. The van der Waals surface area contributed by atoms with Crippen LogP contribution in [0.1, 0.15) is 103 Å². The quantitative estimate of drug-likeness (QED) is 0.204. The summed E-state index contributed by atoms with van der Waals surface area (Å²) < 4.78 is 0. The van der Waals surface area contributed by atoms with E-state index in [9.17, 15) is 14.4 Å². The molecule has 0 saturated heterocycles. The first-order chi connectivity index (χ1) is 20.0. The minimum Gasteiger partial charge on any atom is -0.346 e. The highest BCUT2D eigenvalue weighted by Gasteiger charge is 2.20. The van der Waals surface area contributed by atoms with Crippen molar-refractivity contribution < 1.29 is 14.4 Å². The Morgan fingerprint density at radius 2 is 0.643 bits per heavy atom. The molecule has 0 radical (unpaired) electrons. The molecule has 0 heterocycles. The Hall–Kier alpha value is -4.71. The van der Waals surface area contributed by atoms with E-state index < -0.39 is 0 Å². The van der Waals surface area contributed by atoms with Gasteiger partial charge in [0.05, 0.1) is 18.1 Å². The zero-order valence-electron chi connectivity index (χ0n) is 25.1. The maximum atomic E-state index is 13.4. The molecule has 216 valence electrons. The predicted octanol–water partition coefficient (Wildman–Crippen LogP) is 7.08. The lowest BCUT2D eigenvalue weighted by Gasteiger charge is -2.18. The van der Waals surface area contributed by atoms with Gasteiger partial charge in [-0.3, -0.25) is 14.4 Å². The molecule has 0 bridgehead atoms. The average molecular weight is 562 g/mol. The van der Waals surface area contributed by atoms with Gasteiger partial charge < -0.3 is 16.0 Å². The summed E-state index contributed by atoms with van der Waals surface area (Å²) in [5, 5.41) is 9.02. The van der Waals surface area contributed by atoms with Crippen molar-refractivity contribution in [2.45, 2.75) is 59.7 Å². The van der Waals surface area contributed by atoms with E-state index in [1.807, 2.05) is 114 Å². The lowest BCUT2D eigenvalue weighted by molar-refractivity contribution is 0.0939. The summed E-state index contributed by atoms with van der Waals surface area (Å²) in [7, 11) is 0. The van der Waals surface area contributed by atoms with Gasteiger partial charge in [0.2, 0.25) is 0 Å². The van der Waals surface area contributed by atoms with Crippen molar-refractivity contribution in [1.82, 2.24) is 16.0 Å². The molecule has 0 aliphatic rings. The number of carbonyl (C=O) groups excluding carboxylic acids is 3. The van der Waals surface area contributed by atoms with Crippen LogP contribution in [-0.2, 0) is 0 Å². The second kappa shape index (κ2) is 13.3. The molecule has 3 N–H and O–H groups in total. The van der Waals surface area contributed by atoms with Gasteiger partial charge in [0.25, 0.3) is 17.7 Å². The minimum atomic E-state index is -0.370. The second-order valence-electron chi connectivity index (χ2n) is 11.1. The van der Waals surface area contributed by atoms with Crippen molar-refractivity contribution in [1.29, 1.82) is 0 Å². The molecule has 6 nitrogen and oxygen atoms in total. The van der Waals surface area contributed by atoms with Gasteiger partial charge in [-0.25, -0.2) is 0 Å². The molecule has 3 atom stereocenters. The molecule has 0 aliphatic heterocycles. The van der Waals surface area contributed by atoms with Crippen molar-refractivity contribution >= 4 is 17.7 Å². The predicted molar refractivity (Wildman–Crippen MR) is 168 cm³/mol. The maximum Gasteiger partial charge on any atom is 0.251 e. The molecular weight excluding hydrogens is 522 g/mol. The van der Waals surface area contributed by atoms with Crippen molar-refractivity contribution in [2.24, 2.45) is 0 Å². The van der Waals surface area contributed by atoms with E-state index in [4.69, 9.17) is 0 Å². The number of rotatable bonds is 9. The molecule has 0 unspecified atom stereocenters. The third kappa shape index (κ3) is 7.72. The lowest BCUT2D eigenvalue weighted by Crippen LogP contribution is -2.31. The lowest BCUT2D eigenvalue weighted by atomic mass is 10.0. The van der Waals surface area contributed by atoms with Crippen LogP contribution in [0.3, 0.4) is 0 Å². The second-order valence-corrected chi connectivity index (χ2v) is 11.1. The highest BCUT2D eigenvalue weighted by Crippen LogP contribution is 2.20. The molecule has 0 aromatic heterocycles. The largest absolute Gasteiger partial charge is 0.346 e. The number of benzene rings is 4. The molecule has 4 rings (SSSR count). The van der Waals surface area contributed by atoms with Crippen LogP contribution in [0.25, 0.3) is 0 Å². The molecule has 0 saturated carbocycles. The van der Waals surface area contributed by atoms with E-state index in [1.165, 1.54) is 18.2 Å². The maximum absolute atomic E-state index is 13.4. The van der Waals surface area contributed by atoms with Gasteiger partial charge in [0.15, 0.2) is 0 Å². The van der Waals surface area contributed by atoms with Crippen molar-refractivity contribution in [2.75, 3.05) is 0 Å². The number of hydrogen-bond donors (Lipinski definition) is 3. The Morgan fingerprint density at radius 3 is 0.857 bits per heavy atom. The Kier molecular flexibility index (Phi) is 9.58. The summed E-state index contributed by atoms with van der Waals surface area (Å²) in [5.41, 5.74) is 6.97. The Labute approximate surface area is 248 Å². The van der Waals surface area contributed by atoms with Gasteiger partial charge in [-0.05, 0) is 76.4 Å². The Balaban J connectivity index is 1.60. The highest BCUT2D eigenvalue weighted by molar-refractivity contribution is 6.04. The number of nitrogens with one attached hydrogen (secondary N) is 3. The standard InChI is InChI=1S/C36H39N3O3/c1-22-7-13-28(14-8-22)25(4)37-34(40)31-19-32(35(41)38-26(5)29-15-9-23(2)10-16-29)21-33(20-31)36(42)39-27(6)30-17-11-24(3)12-18-30/h7-21,25-27H,1-6H3,(H,37,40)(H,38,41)(H,39,42)/t25-,26-,27-/m0/s1. The summed E-state index contributed by atoms with van der Waals surface area (Å²) in [4.78, 5) is 40.3. The van der Waals surface area contributed by atoms with Crippen LogP contribution >= 0.6 is 0 Å². The van der Waals surface area contributed by atoms with Crippen molar-refractivity contribution in [3.05, 3.63) is 141 Å². The zero-order chi connectivity index (χ0) is 30.4. The molecule has 42 heavy (non-hydrogen) atoms. The van der Waals surface area contributed by atoms with Crippen LogP contribution in [0, 0.1) is 20.8 Å². The van der Waals surface area contributed by atoms with E-state index in [0.29, 0.717) is 0 Å². The van der Waals surface area contributed by atoms with Gasteiger partial charge in [0.1, 0.15) is 0 Å². The fourth-order valence-corrected chi connectivity index (χ4v) is 4.68. The number of aryl methyl sites for hydroxylation is 3. The van der Waals surface area contributed by atoms with E-state index in [1.54, 1.807) is 0 Å². The normalized spacial score (nSPS) is 13.0.